The van der Waals surface area contributed by atoms with Crippen molar-refractivity contribution in [2.75, 3.05) is 5.32 Å². The van der Waals surface area contributed by atoms with Crippen LogP contribution in [0.15, 0.2) is 56.3 Å². The van der Waals surface area contributed by atoms with E-state index in [1.807, 2.05) is 58.9 Å². The van der Waals surface area contributed by atoms with Crippen molar-refractivity contribution >= 4 is 38.6 Å². The number of hydrogen-bond donors (Lipinski definition) is 1. The number of carbonyl (C=O) groups is 1. The Kier molecular flexibility index (Phi) is 5.85. The summed E-state index contributed by atoms with van der Waals surface area (Å²) >= 11 is 3.26. The molecule has 1 atom stereocenters. The molecule has 1 unspecified atom stereocenters. The molecule has 0 fully saturated rings. The highest BCUT2D eigenvalue weighted by molar-refractivity contribution is 9.10. The average molecular weight is 458 g/mol. The fraction of sp³-hybridized carbons (Fsp3) is 0.304. The third-order valence-corrected chi connectivity index (χ3v) is 4.75. The number of hydrogen-bond acceptors (Lipinski definition) is 5. The number of halogens is 1. The van der Waals surface area contributed by atoms with Crippen LogP contribution in [0.25, 0.3) is 11.0 Å². The average Bonchev–Trinajstić information content (AvgIpc) is 2.60. The van der Waals surface area contributed by atoms with Crippen molar-refractivity contribution in [1.29, 1.82) is 0 Å². The second kappa shape index (κ2) is 8.03. The molecule has 0 aliphatic carbocycles. The lowest BCUT2D eigenvalue weighted by Gasteiger charge is -2.22. The number of benzene rings is 2. The van der Waals surface area contributed by atoms with E-state index in [9.17, 15) is 9.59 Å². The Labute approximate surface area is 178 Å². The first-order valence-corrected chi connectivity index (χ1v) is 10.2. The van der Waals surface area contributed by atoms with Gasteiger partial charge in [0, 0.05) is 17.3 Å². The van der Waals surface area contributed by atoms with E-state index in [2.05, 4.69) is 21.2 Å². The highest BCUT2D eigenvalue weighted by Gasteiger charge is 2.22. The zero-order valence-corrected chi connectivity index (χ0v) is 18.7. The van der Waals surface area contributed by atoms with E-state index in [4.69, 9.17) is 9.15 Å². The van der Waals surface area contributed by atoms with Gasteiger partial charge in [0.1, 0.15) is 11.2 Å². The van der Waals surface area contributed by atoms with Gasteiger partial charge in [0.2, 0.25) is 0 Å². The Morgan fingerprint density at radius 3 is 2.55 bits per heavy atom. The van der Waals surface area contributed by atoms with Crippen LogP contribution in [0.1, 0.15) is 55.2 Å². The Bertz CT molecular complexity index is 1130. The SMILES string of the molecule is Cc1cc(C(C)Nc2ccccc2C(=O)OC(C)(C)C)c2oc(Br)cc(=O)c2c1. The molecule has 0 saturated carbocycles. The van der Waals surface area contributed by atoms with Crippen molar-refractivity contribution < 1.29 is 13.9 Å². The molecular weight excluding hydrogens is 434 g/mol. The number of aryl methyl sites for hydroxylation is 1. The minimum atomic E-state index is -0.585. The van der Waals surface area contributed by atoms with Gasteiger partial charge >= 0.3 is 5.97 Å². The van der Waals surface area contributed by atoms with E-state index < -0.39 is 11.6 Å². The van der Waals surface area contributed by atoms with E-state index in [1.165, 1.54) is 6.07 Å². The maximum Gasteiger partial charge on any atom is 0.340 e. The Morgan fingerprint density at radius 1 is 1.17 bits per heavy atom. The molecule has 0 radical (unpaired) electrons. The van der Waals surface area contributed by atoms with Crippen molar-refractivity contribution in [2.24, 2.45) is 0 Å². The first-order chi connectivity index (χ1) is 13.5. The van der Waals surface area contributed by atoms with Crippen molar-refractivity contribution in [3.05, 3.63) is 74.0 Å². The number of esters is 1. The number of para-hydroxylation sites is 1. The van der Waals surface area contributed by atoms with Crippen LogP contribution in [0.4, 0.5) is 5.69 Å². The van der Waals surface area contributed by atoms with Crippen LogP contribution in [0.5, 0.6) is 0 Å². The summed E-state index contributed by atoms with van der Waals surface area (Å²) in [6, 6.07) is 12.2. The summed E-state index contributed by atoms with van der Waals surface area (Å²) in [5.41, 5.74) is 2.72. The van der Waals surface area contributed by atoms with E-state index in [1.54, 1.807) is 12.1 Å². The van der Waals surface area contributed by atoms with Crippen LogP contribution in [0, 0.1) is 6.92 Å². The molecule has 0 spiro atoms. The minimum Gasteiger partial charge on any atom is -0.456 e. The summed E-state index contributed by atoms with van der Waals surface area (Å²) in [4.78, 5) is 25.0. The zero-order valence-electron chi connectivity index (χ0n) is 17.1. The molecule has 6 heteroatoms. The van der Waals surface area contributed by atoms with Gasteiger partial charge in [-0.15, -0.1) is 0 Å². The first-order valence-electron chi connectivity index (χ1n) is 9.38. The fourth-order valence-electron chi connectivity index (χ4n) is 3.16. The summed E-state index contributed by atoms with van der Waals surface area (Å²) in [5, 5.41) is 3.90. The van der Waals surface area contributed by atoms with E-state index in [0.29, 0.717) is 26.9 Å². The summed E-state index contributed by atoms with van der Waals surface area (Å²) in [5.74, 6) is -0.392. The molecule has 1 N–H and O–H groups in total. The Hall–Kier alpha value is -2.60. The van der Waals surface area contributed by atoms with Crippen LogP contribution in [0.2, 0.25) is 0 Å². The van der Waals surface area contributed by atoms with Crippen LogP contribution >= 0.6 is 15.9 Å². The summed E-state index contributed by atoms with van der Waals surface area (Å²) in [6.07, 6.45) is 0. The Balaban J connectivity index is 2.01. The van der Waals surface area contributed by atoms with Gasteiger partial charge in [-0.2, -0.15) is 0 Å². The van der Waals surface area contributed by atoms with Crippen LogP contribution in [-0.4, -0.2) is 11.6 Å². The number of ether oxygens (including phenoxy) is 1. The standard InChI is InChI=1S/C23H24BrNO4/c1-13-10-16(21-17(11-13)19(26)12-20(24)28-21)14(2)25-18-9-7-6-8-15(18)22(27)29-23(3,4)5/h6-12,14,25H,1-5H3. The van der Waals surface area contributed by atoms with Crippen molar-refractivity contribution in [3.63, 3.8) is 0 Å². The Morgan fingerprint density at radius 2 is 1.86 bits per heavy atom. The molecule has 5 nitrogen and oxygen atoms in total. The monoisotopic (exact) mass is 457 g/mol. The van der Waals surface area contributed by atoms with Gasteiger partial charge in [0.25, 0.3) is 0 Å². The lowest BCUT2D eigenvalue weighted by Crippen LogP contribution is -2.24. The highest BCUT2D eigenvalue weighted by atomic mass is 79.9. The van der Waals surface area contributed by atoms with Crippen LogP contribution in [0.3, 0.4) is 0 Å². The molecule has 3 aromatic rings. The predicted molar refractivity (Wildman–Crippen MR) is 119 cm³/mol. The molecule has 0 bridgehead atoms. The minimum absolute atomic E-state index is 0.107. The van der Waals surface area contributed by atoms with E-state index in [-0.39, 0.29) is 11.5 Å². The van der Waals surface area contributed by atoms with Gasteiger partial charge in [-0.1, -0.05) is 18.2 Å². The molecule has 2 aromatic carbocycles. The fourth-order valence-corrected chi connectivity index (χ4v) is 3.53. The number of carbonyl (C=O) groups excluding carboxylic acids is 1. The molecule has 3 rings (SSSR count). The second-order valence-electron chi connectivity index (χ2n) is 8.06. The summed E-state index contributed by atoms with van der Waals surface area (Å²) in [7, 11) is 0. The third kappa shape index (κ3) is 4.88. The normalized spacial score (nSPS) is 12.6. The lowest BCUT2D eigenvalue weighted by atomic mass is 10.0. The van der Waals surface area contributed by atoms with Crippen molar-refractivity contribution in [2.45, 2.75) is 46.3 Å². The maximum atomic E-state index is 12.6. The molecule has 0 aliphatic rings. The molecule has 0 amide bonds. The van der Waals surface area contributed by atoms with Crippen LogP contribution < -0.4 is 10.7 Å². The summed E-state index contributed by atoms with van der Waals surface area (Å²) in [6.45, 7) is 9.40. The van der Waals surface area contributed by atoms with Crippen LogP contribution in [-0.2, 0) is 4.74 Å². The topological polar surface area (TPSA) is 68.5 Å². The molecule has 152 valence electrons. The number of fused-ring (bicyclic) bond motifs is 1. The molecular formula is C23H24BrNO4. The van der Waals surface area contributed by atoms with Gasteiger partial charge in [-0.3, -0.25) is 4.79 Å². The van der Waals surface area contributed by atoms with E-state index >= 15 is 0 Å². The molecule has 1 heterocycles. The van der Waals surface area contributed by atoms with Crippen molar-refractivity contribution in [3.8, 4) is 0 Å². The molecule has 0 saturated heterocycles. The van der Waals surface area contributed by atoms with E-state index in [0.717, 1.165) is 11.1 Å². The van der Waals surface area contributed by atoms with Gasteiger partial charge in [0.15, 0.2) is 10.1 Å². The molecule has 29 heavy (non-hydrogen) atoms. The number of rotatable bonds is 4. The second-order valence-corrected chi connectivity index (χ2v) is 8.84. The molecule has 0 aliphatic heterocycles. The first kappa shape index (κ1) is 21.1. The predicted octanol–water partition coefficient (Wildman–Crippen LogP) is 5.99. The van der Waals surface area contributed by atoms with Gasteiger partial charge in [-0.25, -0.2) is 4.79 Å². The van der Waals surface area contributed by atoms with Crippen molar-refractivity contribution in [1.82, 2.24) is 0 Å². The third-order valence-electron chi connectivity index (χ3n) is 4.36. The smallest absolute Gasteiger partial charge is 0.340 e. The quantitative estimate of drug-likeness (QED) is 0.487. The largest absolute Gasteiger partial charge is 0.456 e. The zero-order chi connectivity index (χ0) is 21.3. The molecule has 1 aromatic heterocycles. The summed E-state index contributed by atoms with van der Waals surface area (Å²) < 4.78 is 11.7. The lowest BCUT2D eigenvalue weighted by molar-refractivity contribution is 0.00706. The van der Waals surface area contributed by atoms with Gasteiger partial charge in [-0.05, 0) is 74.3 Å². The highest BCUT2D eigenvalue weighted by Crippen LogP contribution is 2.30. The van der Waals surface area contributed by atoms with Gasteiger partial charge < -0.3 is 14.5 Å². The number of anilines is 1. The number of nitrogens with one attached hydrogen (secondary N) is 1. The maximum absolute atomic E-state index is 12.6. The van der Waals surface area contributed by atoms with Gasteiger partial charge in [0.05, 0.1) is 17.0 Å².